The van der Waals surface area contributed by atoms with Crippen LogP contribution < -0.4 is 4.31 Å². The second-order valence-corrected chi connectivity index (χ2v) is 8.98. The number of likely N-dealkylation sites (tertiary alicyclic amines) is 1. The molecule has 25 heavy (non-hydrogen) atoms. The lowest BCUT2D eigenvalue weighted by molar-refractivity contribution is -0.134. The number of benzene rings is 1. The average molecular weight is 387 g/mol. The van der Waals surface area contributed by atoms with Crippen LogP contribution in [0.2, 0.25) is 5.02 Å². The summed E-state index contributed by atoms with van der Waals surface area (Å²) in [5.74, 6) is 0.0263. The smallest absolute Gasteiger partial charge is 0.232 e. The van der Waals surface area contributed by atoms with Crippen LogP contribution in [0.5, 0.6) is 0 Å². The molecular weight excluding hydrogens is 360 g/mol. The fourth-order valence-corrected chi connectivity index (χ4v) is 4.41. The lowest BCUT2D eigenvalue weighted by Gasteiger charge is -2.36. The number of aryl methyl sites for hydroxylation is 1. The first-order valence-corrected chi connectivity index (χ1v) is 11.0. The number of carbonyl (C=O) groups excluding carboxylic acids is 1. The van der Waals surface area contributed by atoms with Gasteiger partial charge in [0, 0.05) is 30.6 Å². The van der Waals surface area contributed by atoms with E-state index in [1.54, 1.807) is 18.2 Å². The number of hydrogen-bond donors (Lipinski definition) is 0. The lowest BCUT2D eigenvalue weighted by atomic mass is 9.99. The first kappa shape index (κ1) is 20.0. The molecule has 1 aliphatic heterocycles. The molecule has 0 aliphatic carbocycles. The quantitative estimate of drug-likeness (QED) is 0.750. The predicted octanol–water partition coefficient (Wildman–Crippen LogP) is 3.60. The van der Waals surface area contributed by atoms with Gasteiger partial charge in [0.1, 0.15) is 0 Å². The minimum atomic E-state index is -3.49. The van der Waals surface area contributed by atoms with E-state index in [-0.39, 0.29) is 24.9 Å². The second kappa shape index (κ2) is 8.41. The molecule has 1 aromatic rings. The normalized spacial score (nSPS) is 18.2. The largest absolute Gasteiger partial charge is 0.340 e. The Morgan fingerprint density at radius 3 is 2.68 bits per heavy atom. The van der Waals surface area contributed by atoms with Gasteiger partial charge < -0.3 is 4.90 Å². The standard InChI is InChI=1S/C18H27ClN2O3S/c1-4-15-7-5-6-11-20(15)18(22)10-12-21(25(3,23)24)16-9-8-14(2)17(19)13-16/h8-9,13,15H,4-7,10-12H2,1-3H3. The summed E-state index contributed by atoms with van der Waals surface area (Å²) in [6.45, 7) is 4.85. The number of halogens is 1. The molecule has 0 bridgehead atoms. The predicted molar refractivity (Wildman–Crippen MR) is 103 cm³/mol. The molecule has 1 fully saturated rings. The number of rotatable bonds is 6. The van der Waals surface area contributed by atoms with Crippen LogP contribution in [0.4, 0.5) is 5.69 Å². The molecule has 0 radical (unpaired) electrons. The Morgan fingerprint density at radius 1 is 1.36 bits per heavy atom. The van der Waals surface area contributed by atoms with Crippen LogP contribution in [-0.2, 0) is 14.8 Å². The third-order valence-electron chi connectivity index (χ3n) is 4.79. The molecule has 2 rings (SSSR count). The average Bonchev–Trinajstić information content (AvgIpc) is 2.56. The van der Waals surface area contributed by atoms with Crippen LogP contribution in [-0.4, -0.2) is 44.6 Å². The summed E-state index contributed by atoms with van der Waals surface area (Å²) in [6, 6.07) is 5.43. The van der Waals surface area contributed by atoms with Crippen molar-refractivity contribution in [2.75, 3.05) is 23.7 Å². The number of sulfonamides is 1. The van der Waals surface area contributed by atoms with E-state index >= 15 is 0 Å². The summed E-state index contributed by atoms with van der Waals surface area (Å²) in [4.78, 5) is 14.6. The Labute approximate surface area is 156 Å². The van der Waals surface area contributed by atoms with E-state index in [0.717, 1.165) is 44.0 Å². The molecule has 1 unspecified atom stereocenters. The van der Waals surface area contributed by atoms with Crippen molar-refractivity contribution >= 4 is 33.2 Å². The monoisotopic (exact) mass is 386 g/mol. The Balaban J connectivity index is 2.12. The number of nitrogens with zero attached hydrogens (tertiary/aromatic N) is 2. The topological polar surface area (TPSA) is 57.7 Å². The molecule has 1 heterocycles. The van der Waals surface area contributed by atoms with Crippen LogP contribution in [0, 0.1) is 6.92 Å². The van der Waals surface area contributed by atoms with Gasteiger partial charge in [0.2, 0.25) is 15.9 Å². The molecule has 1 aromatic carbocycles. The van der Waals surface area contributed by atoms with Crippen molar-refractivity contribution in [2.45, 2.75) is 52.0 Å². The minimum Gasteiger partial charge on any atom is -0.340 e. The zero-order valence-electron chi connectivity index (χ0n) is 15.2. The lowest BCUT2D eigenvalue weighted by Crippen LogP contribution is -2.44. The molecule has 0 N–H and O–H groups in total. The molecule has 5 nitrogen and oxygen atoms in total. The number of carbonyl (C=O) groups is 1. The fraction of sp³-hybridized carbons (Fsp3) is 0.611. The van der Waals surface area contributed by atoms with E-state index in [1.807, 2.05) is 11.8 Å². The van der Waals surface area contributed by atoms with E-state index in [4.69, 9.17) is 11.6 Å². The van der Waals surface area contributed by atoms with Gasteiger partial charge in [0.05, 0.1) is 11.9 Å². The van der Waals surface area contributed by atoms with E-state index < -0.39 is 10.0 Å². The molecule has 1 saturated heterocycles. The summed E-state index contributed by atoms with van der Waals surface area (Å²) in [6.07, 6.45) is 5.47. The molecule has 1 amide bonds. The Hall–Kier alpha value is -1.27. The molecule has 0 spiro atoms. The van der Waals surface area contributed by atoms with Gasteiger partial charge >= 0.3 is 0 Å². The molecule has 140 valence electrons. The molecule has 0 saturated carbocycles. The Morgan fingerprint density at radius 2 is 2.08 bits per heavy atom. The van der Waals surface area contributed by atoms with Crippen LogP contribution in [0.3, 0.4) is 0 Å². The summed E-state index contributed by atoms with van der Waals surface area (Å²) in [5.41, 5.74) is 1.38. The summed E-state index contributed by atoms with van der Waals surface area (Å²) in [7, 11) is -3.49. The number of amides is 1. The maximum Gasteiger partial charge on any atom is 0.232 e. The van der Waals surface area contributed by atoms with Crippen molar-refractivity contribution in [1.29, 1.82) is 0 Å². The van der Waals surface area contributed by atoms with Gasteiger partial charge in [-0.3, -0.25) is 9.10 Å². The molecule has 1 atom stereocenters. The van der Waals surface area contributed by atoms with Crippen molar-refractivity contribution in [3.05, 3.63) is 28.8 Å². The van der Waals surface area contributed by atoms with Crippen molar-refractivity contribution in [3.8, 4) is 0 Å². The SMILES string of the molecule is CCC1CCCCN1C(=O)CCN(c1ccc(C)c(Cl)c1)S(C)(=O)=O. The zero-order valence-corrected chi connectivity index (χ0v) is 16.7. The van der Waals surface area contributed by atoms with Crippen molar-refractivity contribution in [1.82, 2.24) is 4.90 Å². The van der Waals surface area contributed by atoms with Crippen LogP contribution >= 0.6 is 11.6 Å². The summed E-state index contributed by atoms with van der Waals surface area (Å²) >= 11 is 6.13. The highest BCUT2D eigenvalue weighted by Crippen LogP contribution is 2.26. The van der Waals surface area contributed by atoms with Gasteiger partial charge in [0.15, 0.2) is 0 Å². The second-order valence-electron chi connectivity index (χ2n) is 6.66. The van der Waals surface area contributed by atoms with Gasteiger partial charge in [0.25, 0.3) is 0 Å². The van der Waals surface area contributed by atoms with Gasteiger partial charge in [-0.25, -0.2) is 8.42 Å². The van der Waals surface area contributed by atoms with E-state index in [2.05, 4.69) is 6.92 Å². The first-order valence-electron chi connectivity index (χ1n) is 8.77. The third kappa shape index (κ3) is 5.11. The van der Waals surface area contributed by atoms with Crippen molar-refractivity contribution in [3.63, 3.8) is 0 Å². The maximum absolute atomic E-state index is 12.6. The third-order valence-corrected chi connectivity index (χ3v) is 6.39. The molecule has 0 aromatic heterocycles. The van der Waals surface area contributed by atoms with Gasteiger partial charge in [-0.2, -0.15) is 0 Å². The highest BCUT2D eigenvalue weighted by molar-refractivity contribution is 7.92. The number of hydrogen-bond acceptors (Lipinski definition) is 3. The van der Waals surface area contributed by atoms with E-state index in [0.29, 0.717) is 10.7 Å². The molecule has 1 aliphatic rings. The Bertz CT molecular complexity index is 721. The highest BCUT2D eigenvalue weighted by Gasteiger charge is 2.26. The maximum atomic E-state index is 12.6. The van der Waals surface area contributed by atoms with E-state index in [1.165, 1.54) is 4.31 Å². The molecular formula is C18H27ClN2O3S. The zero-order chi connectivity index (χ0) is 18.6. The molecule has 7 heteroatoms. The fourth-order valence-electron chi connectivity index (χ4n) is 3.32. The van der Waals surface area contributed by atoms with Gasteiger partial charge in [-0.1, -0.05) is 24.6 Å². The van der Waals surface area contributed by atoms with E-state index in [9.17, 15) is 13.2 Å². The highest BCUT2D eigenvalue weighted by atomic mass is 35.5. The first-order chi connectivity index (χ1) is 11.7. The summed E-state index contributed by atoms with van der Waals surface area (Å²) in [5, 5.41) is 0.513. The van der Waals surface area contributed by atoms with Crippen molar-refractivity contribution in [2.24, 2.45) is 0 Å². The van der Waals surface area contributed by atoms with Crippen molar-refractivity contribution < 1.29 is 13.2 Å². The van der Waals surface area contributed by atoms with Crippen LogP contribution in [0.15, 0.2) is 18.2 Å². The number of anilines is 1. The van der Waals surface area contributed by atoms with Gasteiger partial charge in [-0.05, 0) is 50.3 Å². The van der Waals surface area contributed by atoms with Crippen LogP contribution in [0.1, 0.15) is 44.6 Å². The minimum absolute atomic E-state index is 0.0263. The summed E-state index contributed by atoms with van der Waals surface area (Å²) < 4.78 is 25.7. The van der Waals surface area contributed by atoms with Crippen LogP contribution in [0.25, 0.3) is 0 Å². The number of piperidine rings is 1. The van der Waals surface area contributed by atoms with Gasteiger partial charge in [-0.15, -0.1) is 0 Å². The Kier molecular flexibility index (Phi) is 6.74.